The van der Waals surface area contributed by atoms with E-state index >= 15 is 0 Å². The molecule has 0 fully saturated rings. The molecule has 2 amide bonds. The highest BCUT2D eigenvalue weighted by Crippen LogP contribution is 2.17. The summed E-state index contributed by atoms with van der Waals surface area (Å²) in [5.74, 6) is -0.437. The van der Waals surface area contributed by atoms with Gasteiger partial charge in [0.1, 0.15) is 5.15 Å². The molecular weight excluding hydrogens is 334 g/mol. The van der Waals surface area contributed by atoms with Crippen LogP contribution in [0.25, 0.3) is 0 Å². The summed E-state index contributed by atoms with van der Waals surface area (Å²) < 4.78 is 0.676. The van der Waals surface area contributed by atoms with Crippen molar-refractivity contribution in [3.05, 3.63) is 27.5 Å². The van der Waals surface area contributed by atoms with Crippen LogP contribution in [-0.4, -0.2) is 29.9 Å². The Morgan fingerprint density at radius 1 is 1.37 bits per heavy atom. The summed E-state index contributed by atoms with van der Waals surface area (Å²) in [4.78, 5) is 27.0. The summed E-state index contributed by atoms with van der Waals surface area (Å²) in [7, 11) is 0. The number of nitrogens with zero attached hydrogens (tertiary/aromatic N) is 1. The molecule has 0 aliphatic rings. The number of carbonyl (C=O) groups excluding carboxylic acids is 2. The number of nitrogens with one attached hydrogen (secondary N) is 2. The number of hydrogen-bond donors (Lipinski definition) is 2. The van der Waals surface area contributed by atoms with Crippen molar-refractivity contribution in [2.24, 2.45) is 5.92 Å². The molecule has 7 heteroatoms. The van der Waals surface area contributed by atoms with Gasteiger partial charge >= 0.3 is 0 Å². The van der Waals surface area contributed by atoms with Crippen LogP contribution in [-0.2, 0) is 4.79 Å². The number of halogens is 2. The smallest absolute Gasteiger partial charge is 0.254 e. The molecule has 0 aliphatic carbocycles. The Labute approximate surface area is 125 Å². The lowest BCUT2D eigenvalue weighted by Gasteiger charge is -2.09. The molecule has 0 aliphatic heterocycles. The largest absolute Gasteiger partial charge is 0.354 e. The van der Waals surface area contributed by atoms with E-state index in [0.29, 0.717) is 23.1 Å². The maximum absolute atomic E-state index is 11.8. The van der Waals surface area contributed by atoms with E-state index in [2.05, 4.69) is 31.5 Å². The van der Waals surface area contributed by atoms with E-state index in [-0.39, 0.29) is 22.9 Å². The Morgan fingerprint density at radius 3 is 2.63 bits per heavy atom. The lowest BCUT2D eigenvalue weighted by Crippen LogP contribution is -2.36. The first-order chi connectivity index (χ1) is 8.91. The molecule has 19 heavy (non-hydrogen) atoms. The van der Waals surface area contributed by atoms with Crippen LogP contribution in [0.5, 0.6) is 0 Å². The Balaban J connectivity index is 2.44. The summed E-state index contributed by atoms with van der Waals surface area (Å²) in [6, 6.07) is 1.59. The van der Waals surface area contributed by atoms with Crippen LogP contribution in [0.2, 0.25) is 5.15 Å². The maximum Gasteiger partial charge on any atom is 0.254 e. The van der Waals surface area contributed by atoms with E-state index in [0.717, 1.165) is 0 Å². The predicted molar refractivity (Wildman–Crippen MR) is 77.1 cm³/mol. The number of rotatable bonds is 5. The fourth-order valence-corrected chi connectivity index (χ4v) is 1.76. The molecule has 0 unspecified atom stereocenters. The average Bonchev–Trinajstić information content (AvgIpc) is 2.36. The zero-order valence-corrected chi connectivity index (χ0v) is 13.0. The van der Waals surface area contributed by atoms with Crippen LogP contribution in [0.15, 0.2) is 16.7 Å². The lowest BCUT2D eigenvalue weighted by atomic mass is 10.2. The second-order valence-electron chi connectivity index (χ2n) is 4.19. The van der Waals surface area contributed by atoms with E-state index in [1.165, 1.54) is 6.20 Å². The zero-order chi connectivity index (χ0) is 14.4. The number of hydrogen-bond acceptors (Lipinski definition) is 3. The molecule has 1 aromatic heterocycles. The van der Waals surface area contributed by atoms with E-state index in [4.69, 9.17) is 11.6 Å². The standard InChI is InChI=1S/C12H15BrClN3O2/c1-7(2)11(18)15-3-4-16-12(19)9-5-8(13)6-17-10(9)14/h5-7H,3-4H2,1-2H3,(H,15,18)(H,16,19). The Morgan fingerprint density at radius 2 is 2.00 bits per heavy atom. The average molecular weight is 349 g/mol. The molecule has 0 spiro atoms. The number of pyridine rings is 1. The van der Waals surface area contributed by atoms with Gasteiger partial charge < -0.3 is 10.6 Å². The van der Waals surface area contributed by atoms with Crippen LogP contribution in [0, 0.1) is 5.92 Å². The molecule has 0 saturated heterocycles. The minimum Gasteiger partial charge on any atom is -0.354 e. The molecule has 1 heterocycles. The molecule has 1 aromatic rings. The number of carbonyl (C=O) groups is 2. The third kappa shape index (κ3) is 5.16. The van der Waals surface area contributed by atoms with Crippen molar-refractivity contribution < 1.29 is 9.59 Å². The fourth-order valence-electron chi connectivity index (χ4n) is 1.24. The second-order valence-corrected chi connectivity index (χ2v) is 5.47. The molecule has 5 nitrogen and oxygen atoms in total. The summed E-state index contributed by atoms with van der Waals surface area (Å²) in [6.07, 6.45) is 1.52. The third-order valence-corrected chi connectivity index (χ3v) is 3.02. The van der Waals surface area contributed by atoms with Crippen LogP contribution >= 0.6 is 27.5 Å². The number of aromatic nitrogens is 1. The van der Waals surface area contributed by atoms with E-state index in [9.17, 15) is 9.59 Å². The molecule has 2 N–H and O–H groups in total. The van der Waals surface area contributed by atoms with Crippen molar-refractivity contribution in [3.63, 3.8) is 0 Å². The SMILES string of the molecule is CC(C)C(=O)NCCNC(=O)c1cc(Br)cnc1Cl. The topological polar surface area (TPSA) is 71.1 Å². The minimum atomic E-state index is -0.322. The van der Waals surface area contributed by atoms with Gasteiger partial charge in [-0.3, -0.25) is 9.59 Å². The molecule has 104 valence electrons. The summed E-state index contributed by atoms with van der Waals surface area (Å²) in [5.41, 5.74) is 0.297. The van der Waals surface area contributed by atoms with Crippen molar-refractivity contribution in [1.29, 1.82) is 0 Å². The second kappa shape index (κ2) is 7.45. The van der Waals surface area contributed by atoms with Crippen molar-refractivity contribution in [2.75, 3.05) is 13.1 Å². The third-order valence-electron chi connectivity index (χ3n) is 2.28. The van der Waals surface area contributed by atoms with Gasteiger partial charge in [-0.15, -0.1) is 0 Å². The van der Waals surface area contributed by atoms with Crippen molar-refractivity contribution in [3.8, 4) is 0 Å². The van der Waals surface area contributed by atoms with Crippen molar-refractivity contribution in [1.82, 2.24) is 15.6 Å². The van der Waals surface area contributed by atoms with Crippen molar-refractivity contribution >= 4 is 39.3 Å². The molecule has 0 radical (unpaired) electrons. The molecule has 0 aromatic carbocycles. The van der Waals surface area contributed by atoms with Gasteiger partial charge in [0.2, 0.25) is 5.91 Å². The van der Waals surface area contributed by atoms with Gasteiger partial charge in [0, 0.05) is 29.7 Å². The minimum absolute atomic E-state index is 0.0450. The zero-order valence-electron chi connectivity index (χ0n) is 10.7. The highest BCUT2D eigenvalue weighted by molar-refractivity contribution is 9.10. The highest BCUT2D eigenvalue weighted by atomic mass is 79.9. The maximum atomic E-state index is 11.8. The number of amides is 2. The lowest BCUT2D eigenvalue weighted by molar-refractivity contribution is -0.123. The Kier molecular flexibility index (Phi) is 6.24. The van der Waals surface area contributed by atoms with Gasteiger partial charge in [-0.25, -0.2) is 4.98 Å². The first kappa shape index (κ1) is 15.9. The van der Waals surface area contributed by atoms with Gasteiger partial charge in [-0.1, -0.05) is 25.4 Å². The first-order valence-electron chi connectivity index (χ1n) is 5.78. The van der Waals surface area contributed by atoms with E-state index < -0.39 is 0 Å². The Bertz CT molecular complexity index is 480. The molecular formula is C12H15BrClN3O2. The fraction of sp³-hybridized carbons (Fsp3) is 0.417. The van der Waals surface area contributed by atoms with Crippen LogP contribution < -0.4 is 10.6 Å². The summed E-state index contributed by atoms with van der Waals surface area (Å²) >= 11 is 9.06. The quantitative estimate of drug-likeness (QED) is 0.631. The van der Waals surface area contributed by atoms with Crippen LogP contribution in [0.4, 0.5) is 0 Å². The van der Waals surface area contributed by atoms with Gasteiger partial charge in [0.15, 0.2) is 0 Å². The van der Waals surface area contributed by atoms with Gasteiger partial charge in [-0.05, 0) is 22.0 Å². The van der Waals surface area contributed by atoms with Gasteiger partial charge in [0.05, 0.1) is 5.56 Å². The summed E-state index contributed by atoms with van der Waals surface area (Å²) in [6.45, 7) is 4.32. The Hall–Kier alpha value is -1.14. The van der Waals surface area contributed by atoms with Crippen LogP contribution in [0.1, 0.15) is 24.2 Å². The first-order valence-corrected chi connectivity index (χ1v) is 6.96. The van der Waals surface area contributed by atoms with Crippen molar-refractivity contribution in [2.45, 2.75) is 13.8 Å². The molecule has 0 bridgehead atoms. The van der Waals surface area contributed by atoms with Gasteiger partial charge in [0.25, 0.3) is 5.91 Å². The van der Waals surface area contributed by atoms with Crippen LogP contribution in [0.3, 0.4) is 0 Å². The highest BCUT2D eigenvalue weighted by Gasteiger charge is 2.12. The van der Waals surface area contributed by atoms with E-state index in [1.54, 1.807) is 19.9 Å². The predicted octanol–water partition coefficient (Wildman–Crippen LogP) is 2.00. The molecule has 0 atom stereocenters. The summed E-state index contributed by atoms with van der Waals surface area (Å²) in [5, 5.41) is 5.51. The van der Waals surface area contributed by atoms with E-state index in [1.807, 2.05) is 0 Å². The molecule has 0 saturated carbocycles. The normalized spacial score (nSPS) is 10.4. The molecule has 1 rings (SSSR count). The van der Waals surface area contributed by atoms with Gasteiger partial charge in [-0.2, -0.15) is 0 Å². The monoisotopic (exact) mass is 347 g/mol.